The molecule has 0 fully saturated rings. The molecule has 2 nitrogen and oxygen atoms in total. The molecule has 0 aliphatic heterocycles. The zero-order valence-corrected chi connectivity index (χ0v) is 6.77. The van der Waals surface area contributed by atoms with Crippen molar-refractivity contribution in [3.05, 3.63) is 12.3 Å². The molecule has 0 heterocycles. The molecule has 56 valence electrons. The van der Waals surface area contributed by atoms with Gasteiger partial charge in [-0.25, -0.2) is 4.79 Å². The van der Waals surface area contributed by atoms with Crippen molar-refractivity contribution in [3.8, 4) is 0 Å². The second-order valence-electron chi connectivity index (χ2n) is 3.51. The van der Waals surface area contributed by atoms with E-state index in [4.69, 9.17) is 0 Å². The molecule has 10 heavy (non-hydrogen) atoms. The van der Waals surface area contributed by atoms with Crippen LogP contribution in [0.5, 0.6) is 0 Å². The number of rotatable bonds is 2. The summed E-state index contributed by atoms with van der Waals surface area (Å²) in [4.78, 5) is 13.2. The lowest BCUT2D eigenvalue weighted by Gasteiger charge is -2.16. The van der Waals surface area contributed by atoms with Gasteiger partial charge in [0.2, 0.25) is 6.08 Å². The first kappa shape index (κ1) is 9.12. The third-order valence-electron chi connectivity index (χ3n) is 0.938. The summed E-state index contributed by atoms with van der Waals surface area (Å²) in [6.07, 6.45) is 2.20. The zero-order valence-electron chi connectivity index (χ0n) is 6.77. The molecule has 0 amide bonds. The van der Waals surface area contributed by atoms with Crippen LogP contribution in [0.15, 0.2) is 17.3 Å². The molecular weight excluding hydrogens is 126 g/mol. The Balaban J connectivity index is 3.92. The number of hydrogen-bond acceptors (Lipinski definition) is 2. The van der Waals surface area contributed by atoms with Crippen LogP contribution in [0.3, 0.4) is 0 Å². The van der Waals surface area contributed by atoms with Crippen LogP contribution in [-0.4, -0.2) is 6.08 Å². The highest BCUT2D eigenvalue weighted by molar-refractivity contribution is 5.36. The van der Waals surface area contributed by atoms with Gasteiger partial charge in [0.05, 0.1) is 0 Å². The molecule has 0 saturated carbocycles. The van der Waals surface area contributed by atoms with Crippen LogP contribution in [0, 0.1) is 5.41 Å². The third-order valence-corrected chi connectivity index (χ3v) is 0.938. The van der Waals surface area contributed by atoms with Crippen molar-refractivity contribution in [1.82, 2.24) is 0 Å². The Kier molecular flexibility index (Phi) is 3.04. The SMILES string of the molecule is C=C(CC(C)(C)C)N=C=O. The molecule has 0 rings (SSSR count). The van der Waals surface area contributed by atoms with E-state index < -0.39 is 0 Å². The van der Waals surface area contributed by atoms with Gasteiger partial charge in [0.15, 0.2) is 0 Å². The van der Waals surface area contributed by atoms with Gasteiger partial charge in [-0.15, -0.1) is 0 Å². The molecule has 0 unspecified atom stereocenters. The Morgan fingerprint density at radius 1 is 1.60 bits per heavy atom. The van der Waals surface area contributed by atoms with E-state index >= 15 is 0 Å². The molecule has 0 aliphatic carbocycles. The summed E-state index contributed by atoms with van der Waals surface area (Å²) in [7, 11) is 0. The number of aliphatic imine (C=N–C) groups is 1. The highest BCUT2D eigenvalue weighted by Crippen LogP contribution is 2.22. The van der Waals surface area contributed by atoms with E-state index in [9.17, 15) is 4.79 Å². The van der Waals surface area contributed by atoms with Gasteiger partial charge in [-0.05, 0) is 11.8 Å². The van der Waals surface area contributed by atoms with E-state index in [1.807, 2.05) is 0 Å². The Morgan fingerprint density at radius 3 is 2.40 bits per heavy atom. The molecule has 0 bridgehead atoms. The van der Waals surface area contributed by atoms with E-state index in [-0.39, 0.29) is 5.41 Å². The molecule has 0 aromatic carbocycles. The summed E-state index contributed by atoms with van der Waals surface area (Å²) in [5.41, 5.74) is 0.750. The Hall–Kier alpha value is -0.880. The van der Waals surface area contributed by atoms with E-state index in [1.165, 1.54) is 6.08 Å². The highest BCUT2D eigenvalue weighted by atomic mass is 16.1. The van der Waals surface area contributed by atoms with Crippen molar-refractivity contribution in [1.29, 1.82) is 0 Å². The smallest absolute Gasteiger partial charge is 0.211 e. The molecule has 0 aromatic rings. The van der Waals surface area contributed by atoms with Gasteiger partial charge >= 0.3 is 0 Å². The van der Waals surface area contributed by atoms with Crippen molar-refractivity contribution in [2.45, 2.75) is 27.2 Å². The maximum Gasteiger partial charge on any atom is 0.240 e. The monoisotopic (exact) mass is 139 g/mol. The van der Waals surface area contributed by atoms with Crippen LogP contribution < -0.4 is 0 Å². The number of hydrogen-bond donors (Lipinski definition) is 0. The van der Waals surface area contributed by atoms with Crippen LogP contribution in [-0.2, 0) is 4.79 Å². The number of allylic oxidation sites excluding steroid dienone is 1. The van der Waals surface area contributed by atoms with Gasteiger partial charge in [0, 0.05) is 5.70 Å². The zero-order chi connectivity index (χ0) is 8.20. The molecule has 2 heteroatoms. The van der Waals surface area contributed by atoms with Gasteiger partial charge in [0.1, 0.15) is 0 Å². The average molecular weight is 139 g/mol. The number of isocyanates is 1. The fourth-order valence-corrected chi connectivity index (χ4v) is 0.716. The predicted molar refractivity (Wildman–Crippen MR) is 41.3 cm³/mol. The molecule has 0 radical (unpaired) electrons. The quantitative estimate of drug-likeness (QED) is 0.426. The third kappa shape index (κ3) is 5.26. The van der Waals surface area contributed by atoms with Crippen LogP contribution in [0.1, 0.15) is 27.2 Å². The largest absolute Gasteiger partial charge is 0.240 e. The first-order valence-electron chi connectivity index (χ1n) is 3.21. The summed E-state index contributed by atoms with van der Waals surface area (Å²) in [6, 6.07) is 0. The van der Waals surface area contributed by atoms with E-state index in [1.54, 1.807) is 0 Å². The topological polar surface area (TPSA) is 29.4 Å². The molecule has 0 N–H and O–H groups in total. The van der Waals surface area contributed by atoms with Gasteiger partial charge < -0.3 is 0 Å². The molecule has 0 atom stereocenters. The minimum absolute atomic E-state index is 0.150. The average Bonchev–Trinajstić information content (AvgIpc) is 1.59. The van der Waals surface area contributed by atoms with Gasteiger partial charge in [-0.2, -0.15) is 4.99 Å². The predicted octanol–water partition coefficient (Wildman–Crippen LogP) is 2.27. The first-order valence-corrected chi connectivity index (χ1v) is 3.21. The van der Waals surface area contributed by atoms with Crippen LogP contribution in [0.2, 0.25) is 0 Å². The standard InChI is InChI=1S/C8H13NO/c1-7(9-6-10)5-8(2,3)4/h1,5H2,2-4H3. The second-order valence-corrected chi connectivity index (χ2v) is 3.51. The van der Waals surface area contributed by atoms with Crippen molar-refractivity contribution >= 4 is 6.08 Å². The second kappa shape index (κ2) is 3.33. The van der Waals surface area contributed by atoms with Gasteiger partial charge in [0.25, 0.3) is 0 Å². The molecule has 0 spiro atoms. The van der Waals surface area contributed by atoms with E-state index in [0.29, 0.717) is 5.70 Å². The van der Waals surface area contributed by atoms with Crippen LogP contribution in [0.4, 0.5) is 0 Å². The Labute approximate surface area is 61.7 Å². The lowest BCUT2D eigenvalue weighted by molar-refractivity contribution is 0.408. The maximum absolute atomic E-state index is 9.75. The summed E-state index contributed by atoms with van der Waals surface area (Å²) >= 11 is 0. The minimum atomic E-state index is 0.150. The first-order chi connectivity index (χ1) is 4.45. The van der Waals surface area contributed by atoms with Crippen molar-refractivity contribution in [2.24, 2.45) is 10.4 Å². The molecular formula is C8H13NO. The lowest BCUT2D eigenvalue weighted by Crippen LogP contribution is -2.04. The summed E-state index contributed by atoms with van der Waals surface area (Å²) in [6.45, 7) is 9.80. The van der Waals surface area contributed by atoms with Gasteiger partial charge in [-0.3, -0.25) is 0 Å². The summed E-state index contributed by atoms with van der Waals surface area (Å²) in [5.74, 6) is 0. The maximum atomic E-state index is 9.75. The summed E-state index contributed by atoms with van der Waals surface area (Å²) < 4.78 is 0. The van der Waals surface area contributed by atoms with Crippen LogP contribution in [0.25, 0.3) is 0 Å². The Morgan fingerprint density at radius 2 is 2.10 bits per heavy atom. The van der Waals surface area contributed by atoms with Crippen LogP contribution >= 0.6 is 0 Å². The van der Waals surface area contributed by atoms with E-state index in [0.717, 1.165) is 6.42 Å². The molecule has 0 saturated heterocycles. The fourth-order valence-electron chi connectivity index (χ4n) is 0.716. The Bertz CT molecular complexity index is 170. The molecule has 0 aromatic heterocycles. The van der Waals surface area contributed by atoms with Crippen molar-refractivity contribution in [2.75, 3.05) is 0 Å². The van der Waals surface area contributed by atoms with Gasteiger partial charge in [-0.1, -0.05) is 27.4 Å². The van der Waals surface area contributed by atoms with Crippen molar-refractivity contribution in [3.63, 3.8) is 0 Å². The number of carbonyl (C=O) groups excluding carboxylic acids is 1. The summed E-state index contributed by atoms with van der Waals surface area (Å²) in [5, 5.41) is 0. The van der Waals surface area contributed by atoms with Crippen molar-refractivity contribution < 1.29 is 4.79 Å². The van der Waals surface area contributed by atoms with E-state index in [2.05, 4.69) is 32.3 Å². The number of nitrogens with zero attached hydrogens (tertiary/aromatic N) is 1. The normalized spacial score (nSPS) is 10.3. The molecule has 0 aliphatic rings. The fraction of sp³-hybridized carbons (Fsp3) is 0.625. The minimum Gasteiger partial charge on any atom is -0.211 e. The highest BCUT2D eigenvalue weighted by Gasteiger charge is 2.10. The lowest BCUT2D eigenvalue weighted by atomic mass is 9.91.